The Bertz CT molecular complexity index is 762. The Morgan fingerprint density at radius 3 is 2.89 bits per heavy atom. The lowest BCUT2D eigenvalue weighted by molar-refractivity contribution is -0.123. The first kappa shape index (κ1) is 18.8. The number of nitrogens with one attached hydrogen (secondary N) is 1. The predicted octanol–water partition coefficient (Wildman–Crippen LogP) is 1.73. The molecule has 0 aliphatic carbocycles. The molecule has 1 saturated heterocycles. The van der Waals surface area contributed by atoms with Gasteiger partial charge in [0, 0.05) is 19.6 Å². The number of oxazole rings is 1. The molecule has 1 fully saturated rings. The van der Waals surface area contributed by atoms with Crippen molar-refractivity contribution >= 4 is 11.8 Å². The summed E-state index contributed by atoms with van der Waals surface area (Å²) in [5, 5.41) is 2.88. The van der Waals surface area contributed by atoms with Crippen LogP contribution in [0.25, 0.3) is 0 Å². The summed E-state index contributed by atoms with van der Waals surface area (Å²) in [7, 11) is 1.55. The van der Waals surface area contributed by atoms with Gasteiger partial charge in [-0.1, -0.05) is 12.1 Å². The molecular formula is C19H23N3O5. The molecule has 2 heterocycles. The van der Waals surface area contributed by atoms with Crippen LogP contribution in [-0.4, -0.2) is 55.0 Å². The second kappa shape index (κ2) is 9.07. The smallest absolute Gasteiger partial charge is 0.291 e. The molecule has 1 aliphatic heterocycles. The first-order chi connectivity index (χ1) is 13.2. The van der Waals surface area contributed by atoms with Gasteiger partial charge in [0.05, 0.1) is 13.3 Å². The van der Waals surface area contributed by atoms with E-state index in [1.807, 2.05) is 12.1 Å². The maximum Gasteiger partial charge on any atom is 0.291 e. The van der Waals surface area contributed by atoms with Gasteiger partial charge in [0.25, 0.3) is 11.8 Å². The van der Waals surface area contributed by atoms with Gasteiger partial charge in [0.15, 0.2) is 24.5 Å². The molecule has 0 radical (unpaired) electrons. The third-order valence-corrected chi connectivity index (χ3v) is 4.47. The van der Waals surface area contributed by atoms with Gasteiger partial charge in [-0.15, -0.1) is 0 Å². The molecule has 1 atom stereocenters. The number of carbonyl (C=O) groups is 2. The Kier molecular flexibility index (Phi) is 6.30. The fraction of sp³-hybridized carbons (Fsp3) is 0.421. The van der Waals surface area contributed by atoms with Crippen LogP contribution in [0, 0.1) is 5.92 Å². The number of piperidine rings is 1. The van der Waals surface area contributed by atoms with E-state index in [1.54, 1.807) is 24.1 Å². The third kappa shape index (κ3) is 4.99. The van der Waals surface area contributed by atoms with Crippen LogP contribution < -0.4 is 14.8 Å². The summed E-state index contributed by atoms with van der Waals surface area (Å²) >= 11 is 0. The molecule has 2 aromatic rings. The standard InChI is InChI=1S/C19H23N3O5/c1-25-15-6-2-3-7-16(15)26-12-18(23)21-9-14-5-4-8-22(11-14)19(24)17-10-20-13-27-17/h2-3,6-7,10,13-14H,4-5,8-9,11-12H2,1H3,(H,21,23)/t14-/m1/s1. The van der Waals surface area contributed by atoms with Gasteiger partial charge in [-0.25, -0.2) is 4.98 Å². The molecule has 0 bridgehead atoms. The number of ether oxygens (including phenoxy) is 2. The molecule has 1 aromatic heterocycles. The number of para-hydroxylation sites is 2. The van der Waals surface area contributed by atoms with Crippen LogP contribution in [0.2, 0.25) is 0 Å². The maximum atomic E-state index is 12.3. The first-order valence-electron chi connectivity index (χ1n) is 8.87. The number of likely N-dealkylation sites (tertiary alicyclic amines) is 1. The van der Waals surface area contributed by atoms with Crippen molar-refractivity contribution in [3.63, 3.8) is 0 Å². The van der Waals surface area contributed by atoms with Crippen LogP contribution in [0.4, 0.5) is 0 Å². The zero-order valence-corrected chi connectivity index (χ0v) is 15.2. The normalized spacial score (nSPS) is 16.6. The van der Waals surface area contributed by atoms with Gasteiger partial charge in [0.1, 0.15) is 0 Å². The molecular weight excluding hydrogens is 350 g/mol. The monoisotopic (exact) mass is 373 g/mol. The van der Waals surface area contributed by atoms with Gasteiger partial charge in [-0.3, -0.25) is 9.59 Å². The lowest BCUT2D eigenvalue weighted by Gasteiger charge is -2.32. The molecule has 1 aliphatic rings. The Morgan fingerprint density at radius 1 is 1.33 bits per heavy atom. The zero-order valence-electron chi connectivity index (χ0n) is 15.2. The van der Waals surface area contributed by atoms with E-state index >= 15 is 0 Å². The second-order valence-corrected chi connectivity index (χ2v) is 6.37. The molecule has 27 heavy (non-hydrogen) atoms. The van der Waals surface area contributed by atoms with E-state index in [4.69, 9.17) is 13.9 Å². The van der Waals surface area contributed by atoms with E-state index in [-0.39, 0.29) is 30.1 Å². The number of amides is 2. The number of rotatable bonds is 7. The number of methoxy groups -OCH3 is 1. The van der Waals surface area contributed by atoms with Gasteiger partial charge in [-0.2, -0.15) is 0 Å². The summed E-state index contributed by atoms with van der Waals surface area (Å²) < 4.78 is 15.8. The van der Waals surface area contributed by atoms with Gasteiger partial charge in [-0.05, 0) is 30.9 Å². The second-order valence-electron chi connectivity index (χ2n) is 6.37. The first-order valence-corrected chi connectivity index (χ1v) is 8.87. The Balaban J connectivity index is 1.44. The Morgan fingerprint density at radius 2 is 2.15 bits per heavy atom. The van der Waals surface area contributed by atoms with E-state index in [2.05, 4.69) is 10.3 Å². The van der Waals surface area contributed by atoms with E-state index in [0.29, 0.717) is 31.1 Å². The Labute approximate surface area is 157 Å². The van der Waals surface area contributed by atoms with Gasteiger partial charge >= 0.3 is 0 Å². The zero-order chi connectivity index (χ0) is 19.1. The predicted molar refractivity (Wildman–Crippen MR) is 96.6 cm³/mol. The van der Waals surface area contributed by atoms with Gasteiger partial charge in [0.2, 0.25) is 5.76 Å². The summed E-state index contributed by atoms with van der Waals surface area (Å²) in [4.78, 5) is 29.9. The quantitative estimate of drug-likeness (QED) is 0.794. The highest BCUT2D eigenvalue weighted by atomic mass is 16.5. The minimum absolute atomic E-state index is 0.0895. The SMILES string of the molecule is COc1ccccc1OCC(=O)NC[C@H]1CCCN(C(=O)c2cnco2)C1. The fourth-order valence-electron chi connectivity index (χ4n) is 3.08. The van der Waals surface area contributed by atoms with Crippen LogP contribution in [0.1, 0.15) is 23.4 Å². The summed E-state index contributed by atoms with van der Waals surface area (Å²) in [5.41, 5.74) is 0. The number of benzene rings is 1. The summed E-state index contributed by atoms with van der Waals surface area (Å²) in [5.74, 6) is 1.17. The number of hydrogen-bond donors (Lipinski definition) is 1. The van der Waals surface area contributed by atoms with Crippen molar-refractivity contribution in [1.82, 2.24) is 15.2 Å². The molecule has 0 spiro atoms. The minimum atomic E-state index is -0.209. The molecule has 1 N–H and O–H groups in total. The van der Waals surface area contributed by atoms with E-state index < -0.39 is 0 Å². The topological polar surface area (TPSA) is 93.9 Å². The summed E-state index contributed by atoms with van der Waals surface area (Å²) in [6, 6.07) is 7.17. The average Bonchev–Trinajstić information content (AvgIpc) is 3.25. The van der Waals surface area contributed by atoms with Crippen molar-refractivity contribution in [1.29, 1.82) is 0 Å². The van der Waals surface area contributed by atoms with Crippen molar-refractivity contribution in [3.8, 4) is 11.5 Å². The summed E-state index contributed by atoms with van der Waals surface area (Å²) in [6.45, 7) is 1.66. The molecule has 2 amide bonds. The highest BCUT2D eigenvalue weighted by Crippen LogP contribution is 2.25. The minimum Gasteiger partial charge on any atom is -0.493 e. The van der Waals surface area contributed by atoms with Crippen LogP contribution in [0.3, 0.4) is 0 Å². The van der Waals surface area contributed by atoms with Crippen molar-refractivity contribution in [2.45, 2.75) is 12.8 Å². The van der Waals surface area contributed by atoms with Crippen LogP contribution in [0.15, 0.2) is 41.3 Å². The van der Waals surface area contributed by atoms with E-state index in [9.17, 15) is 9.59 Å². The van der Waals surface area contributed by atoms with Crippen molar-refractivity contribution in [2.75, 3.05) is 33.4 Å². The van der Waals surface area contributed by atoms with Crippen LogP contribution in [-0.2, 0) is 4.79 Å². The fourth-order valence-corrected chi connectivity index (χ4v) is 3.08. The maximum absolute atomic E-state index is 12.3. The average molecular weight is 373 g/mol. The lowest BCUT2D eigenvalue weighted by atomic mass is 9.98. The van der Waals surface area contributed by atoms with Crippen molar-refractivity contribution in [2.24, 2.45) is 5.92 Å². The highest BCUT2D eigenvalue weighted by molar-refractivity contribution is 5.91. The number of hydrogen-bond acceptors (Lipinski definition) is 6. The molecule has 8 heteroatoms. The van der Waals surface area contributed by atoms with Crippen LogP contribution in [0.5, 0.6) is 11.5 Å². The highest BCUT2D eigenvalue weighted by Gasteiger charge is 2.26. The molecule has 3 rings (SSSR count). The number of aromatic nitrogens is 1. The third-order valence-electron chi connectivity index (χ3n) is 4.47. The molecule has 144 valence electrons. The number of carbonyl (C=O) groups excluding carboxylic acids is 2. The molecule has 0 saturated carbocycles. The largest absolute Gasteiger partial charge is 0.493 e. The van der Waals surface area contributed by atoms with Crippen LogP contribution >= 0.6 is 0 Å². The summed E-state index contributed by atoms with van der Waals surface area (Å²) in [6.07, 6.45) is 4.51. The lowest BCUT2D eigenvalue weighted by Crippen LogP contribution is -2.44. The number of nitrogens with zero attached hydrogens (tertiary/aromatic N) is 2. The van der Waals surface area contributed by atoms with E-state index in [0.717, 1.165) is 12.8 Å². The molecule has 0 unspecified atom stereocenters. The molecule has 1 aromatic carbocycles. The van der Waals surface area contributed by atoms with Gasteiger partial charge < -0.3 is 24.1 Å². The van der Waals surface area contributed by atoms with E-state index in [1.165, 1.54) is 12.6 Å². The van der Waals surface area contributed by atoms with Crippen molar-refractivity contribution in [3.05, 3.63) is 42.6 Å². The molecule has 8 nitrogen and oxygen atoms in total. The van der Waals surface area contributed by atoms with Crippen molar-refractivity contribution < 1.29 is 23.5 Å². The Hall–Kier alpha value is -3.03.